The Hall–Kier alpha value is -1.76. The van der Waals surface area contributed by atoms with E-state index >= 15 is 0 Å². The molecule has 0 saturated carbocycles. The zero-order chi connectivity index (χ0) is 15.3. The Balaban J connectivity index is 2.71. The summed E-state index contributed by atoms with van der Waals surface area (Å²) in [5.74, 6) is -0.330. The van der Waals surface area contributed by atoms with E-state index in [1.54, 1.807) is 0 Å². The minimum atomic E-state index is -4.53. The molecule has 1 amide bonds. The van der Waals surface area contributed by atoms with Crippen LogP contribution in [0.15, 0.2) is 18.2 Å². The first-order valence-electron chi connectivity index (χ1n) is 6.19. The molecule has 112 valence electrons. The average Bonchev–Trinajstić information content (AvgIpc) is 2.37. The quantitative estimate of drug-likeness (QED) is 0.819. The third-order valence-electron chi connectivity index (χ3n) is 2.90. The molecule has 1 aromatic carbocycles. The van der Waals surface area contributed by atoms with Crippen molar-refractivity contribution in [2.75, 3.05) is 31.2 Å². The molecule has 0 saturated heterocycles. The number of carbonyl (C=O) groups excluding carboxylic acids is 1. The molecular weight excluding hydrogens is 271 g/mol. The van der Waals surface area contributed by atoms with Crippen molar-refractivity contribution in [1.82, 2.24) is 4.90 Å². The average molecular weight is 289 g/mol. The van der Waals surface area contributed by atoms with E-state index in [4.69, 9.17) is 5.73 Å². The van der Waals surface area contributed by atoms with Gasteiger partial charge in [-0.15, -0.1) is 0 Å². The molecule has 3 N–H and O–H groups in total. The van der Waals surface area contributed by atoms with Gasteiger partial charge in [0.05, 0.1) is 5.56 Å². The Labute approximate surface area is 115 Å². The molecule has 0 spiro atoms. The van der Waals surface area contributed by atoms with E-state index in [1.165, 1.54) is 6.07 Å². The van der Waals surface area contributed by atoms with Gasteiger partial charge in [-0.25, -0.2) is 0 Å². The third-order valence-corrected chi connectivity index (χ3v) is 2.90. The van der Waals surface area contributed by atoms with Crippen molar-refractivity contribution in [3.8, 4) is 0 Å². The predicted octanol–water partition coefficient (Wildman–Crippen LogP) is 2.57. The van der Waals surface area contributed by atoms with Crippen molar-refractivity contribution in [2.45, 2.75) is 19.5 Å². The van der Waals surface area contributed by atoms with E-state index in [0.717, 1.165) is 18.7 Å². The van der Waals surface area contributed by atoms with Crippen LogP contribution in [-0.2, 0) is 11.0 Å². The van der Waals surface area contributed by atoms with Gasteiger partial charge in [0.15, 0.2) is 0 Å². The highest BCUT2D eigenvalue weighted by molar-refractivity contribution is 5.91. The van der Waals surface area contributed by atoms with Gasteiger partial charge in [0.25, 0.3) is 0 Å². The number of nitrogens with zero attached hydrogens (tertiary/aromatic N) is 1. The van der Waals surface area contributed by atoms with Gasteiger partial charge < -0.3 is 16.0 Å². The molecule has 0 atom stereocenters. The van der Waals surface area contributed by atoms with E-state index in [0.29, 0.717) is 6.54 Å². The van der Waals surface area contributed by atoms with Crippen molar-refractivity contribution in [3.05, 3.63) is 23.8 Å². The summed E-state index contributed by atoms with van der Waals surface area (Å²) in [7, 11) is 1.86. The number of hydrogen-bond donors (Lipinski definition) is 2. The minimum absolute atomic E-state index is 0.0932. The van der Waals surface area contributed by atoms with E-state index in [2.05, 4.69) is 5.32 Å². The number of alkyl halides is 3. The molecule has 1 aromatic rings. The summed E-state index contributed by atoms with van der Waals surface area (Å²) in [6.45, 7) is 3.30. The van der Waals surface area contributed by atoms with Gasteiger partial charge in [0.1, 0.15) is 0 Å². The van der Waals surface area contributed by atoms with Crippen molar-refractivity contribution >= 4 is 17.3 Å². The molecule has 0 bridgehead atoms. The second-order valence-electron chi connectivity index (χ2n) is 4.49. The molecule has 0 aromatic heterocycles. The second-order valence-corrected chi connectivity index (χ2v) is 4.49. The molecule has 0 aliphatic rings. The van der Waals surface area contributed by atoms with Crippen LogP contribution in [-0.4, -0.2) is 30.9 Å². The molecule has 7 heteroatoms. The van der Waals surface area contributed by atoms with Crippen molar-refractivity contribution in [1.29, 1.82) is 0 Å². The van der Waals surface area contributed by atoms with Gasteiger partial charge in [-0.05, 0) is 31.8 Å². The molecule has 20 heavy (non-hydrogen) atoms. The molecule has 1 rings (SSSR count). The Kier molecular flexibility index (Phi) is 5.38. The molecule has 0 unspecified atom stereocenters. The largest absolute Gasteiger partial charge is 0.418 e. The van der Waals surface area contributed by atoms with E-state index in [9.17, 15) is 18.0 Å². The van der Waals surface area contributed by atoms with Gasteiger partial charge >= 0.3 is 6.18 Å². The third kappa shape index (κ3) is 4.73. The molecule has 0 fully saturated rings. The maximum atomic E-state index is 12.7. The highest BCUT2D eigenvalue weighted by Crippen LogP contribution is 2.35. The first-order chi connectivity index (χ1) is 9.24. The van der Waals surface area contributed by atoms with Crippen LogP contribution in [0, 0.1) is 0 Å². The van der Waals surface area contributed by atoms with Crippen molar-refractivity contribution in [2.24, 2.45) is 0 Å². The summed E-state index contributed by atoms with van der Waals surface area (Å²) in [4.78, 5) is 13.6. The lowest BCUT2D eigenvalue weighted by Crippen LogP contribution is -2.24. The normalized spacial score (nSPS) is 11.7. The lowest BCUT2D eigenvalue weighted by atomic mass is 10.1. The maximum absolute atomic E-state index is 12.7. The minimum Gasteiger partial charge on any atom is -0.398 e. The molecule has 0 aliphatic heterocycles. The summed E-state index contributed by atoms with van der Waals surface area (Å²) < 4.78 is 38.0. The van der Waals surface area contributed by atoms with Gasteiger partial charge in [-0.2, -0.15) is 13.2 Å². The Morgan fingerprint density at radius 3 is 2.60 bits per heavy atom. The number of nitrogen functional groups attached to an aromatic ring is 1. The number of amides is 1. The zero-order valence-corrected chi connectivity index (χ0v) is 11.4. The lowest BCUT2D eigenvalue weighted by molar-refractivity contribution is -0.136. The first-order valence-corrected chi connectivity index (χ1v) is 6.19. The highest BCUT2D eigenvalue weighted by atomic mass is 19.4. The number of benzene rings is 1. The first kappa shape index (κ1) is 16.3. The van der Waals surface area contributed by atoms with Crippen LogP contribution in [0.4, 0.5) is 24.5 Å². The fourth-order valence-electron chi connectivity index (χ4n) is 1.55. The number of nitrogens with one attached hydrogen (secondary N) is 1. The number of anilines is 2. The fourth-order valence-corrected chi connectivity index (χ4v) is 1.55. The van der Waals surface area contributed by atoms with Crippen LogP contribution < -0.4 is 11.1 Å². The van der Waals surface area contributed by atoms with Crippen LogP contribution in [0.3, 0.4) is 0 Å². The second kappa shape index (κ2) is 6.60. The van der Waals surface area contributed by atoms with Crippen molar-refractivity contribution in [3.63, 3.8) is 0 Å². The van der Waals surface area contributed by atoms with E-state index in [1.807, 2.05) is 18.9 Å². The fraction of sp³-hybridized carbons (Fsp3) is 0.462. The van der Waals surface area contributed by atoms with Gasteiger partial charge in [-0.3, -0.25) is 4.79 Å². The van der Waals surface area contributed by atoms with Crippen molar-refractivity contribution < 1.29 is 18.0 Å². The Morgan fingerprint density at radius 1 is 1.40 bits per heavy atom. The molecule has 0 radical (unpaired) electrons. The molecule has 4 nitrogen and oxygen atoms in total. The zero-order valence-electron chi connectivity index (χ0n) is 11.4. The Bertz CT molecular complexity index is 474. The van der Waals surface area contributed by atoms with Gasteiger partial charge in [0.2, 0.25) is 5.91 Å². The predicted molar refractivity (Wildman–Crippen MR) is 72.3 cm³/mol. The lowest BCUT2D eigenvalue weighted by Gasteiger charge is -2.14. The summed E-state index contributed by atoms with van der Waals surface area (Å²) >= 11 is 0. The van der Waals surface area contributed by atoms with Gasteiger partial charge in [0, 0.05) is 24.3 Å². The molecule has 0 aliphatic carbocycles. The standard InChI is InChI=1S/C13H18F3N3O/c1-3-19(2)7-6-12(20)18-9-4-5-11(17)10(8-9)13(14,15)16/h4-5,8H,3,6-7,17H2,1-2H3,(H,18,20). The van der Waals surface area contributed by atoms with Gasteiger partial charge in [-0.1, -0.05) is 6.92 Å². The summed E-state index contributed by atoms with van der Waals surface area (Å²) in [6, 6.07) is 3.33. The number of halogens is 3. The SMILES string of the molecule is CCN(C)CCC(=O)Nc1ccc(N)c(C(F)(F)F)c1. The number of nitrogens with two attached hydrogens (primary N) is 1. The molecular formula is C13H18F3N3O. The summed E-state index contributed by atoms with van der Waals surface area (Å²) in [5.41, 5.74) is 4.07. The smallest absolute Gasteiger partial charge is 0.398 e. The van der Waals surface area contributed by atoms with Crippen LogP contribution in [0.25, 0.3) is 0 Å². The number of rotatable bonds is 5. The number of carbonyl (C=O) groups is 1. The summed E-state index contributed by atoms with van der Waals surface area (Å²) in [6.07, 6.45) is -4.32. The summed E-state index contributed by atoms with van der Waals surface area (Å²) in [5, 5.41) is 2.44. The topological polar surface area (TPSA) is 58.4 Å². The number of hydrogen-bond acceptors (Lipinski definition) is 3. The van der Waals surface area contributed by atoms with Crippen LogP contribution >= 0.6 is 0 Å². The van der Waals surface area contributed by atoms with E-state index < -0.39 is 11.7 Å². The highest BCUT2D eigenvalue weighted by Gasteiger charge is 2.33. The Morgan fingerprint density at radius 2 is 2.05 bits per heavy atom. The van der Waals surface area contributed by atoms with E-state index in [-0.39, 0.29) is 23.7 Å². The molecule has 0 heterocycles. The van der Waals surface area contributed by atoms with Crippen LogP contribution in [0.5, 0.6) is 0 Å². The van der Waals surface area contributed by atoms with Crippen LogP contribution in [0.1, 0.15) is 18.9 Å². The monoisotopic (exact) mass is 289 g/mol. The maximum Gasteiger partial charge on any atom is 0.418 e. The van der Waals surface area contributed by atoms with Crippen LogP contribution in [0.2, 0.25) is 0 Å².